The van der Waals surface area contributed by atoms with Crippen molar-refractivity contribution in [1.29, 1.82) is 0 Å². The fourth-order valence-electron chi connectivity index (χ4n) is 2.27. The molecule has 2 amide bonds. The average Bonchev–Trinajstić information content (AvgIpc) is 2.12. The Morgan fingerprint density at radius 1 is 1.22 bits per heavy atom. The van der Waals surface area contributed by atoms with Gasteiger partial charge in [-0.15, -0.1) is 0 Å². The molecule has 0 bridgehead atoms. The molecule has 0 aromatic heterocycles. The molecule has 18 heavy (non-hydrogen) atoms. The van der Waals surface area contributed by atoms with E-state index in [1.165, 1.54) is 6.92 Å². The molecule has 1 aliphatic rings. The van der Waals surface area contributed by atoms with Crippen LogP contribution in [0.25, 0.3) is 0 Å². The SMILES string of the molecule is C[C@@H](NC(=O)N1CC(C)(C)OC(C)(C)C1)C(=O)O. The van der Waals surface area contributed by atoms with Gasteiger partial charge in [-0.2, -0.15) is 0 Å². The number of rotatable bonds is 2. The van der Waals surface area contributed by atoms with E-state index in [4.69, 9.17) is 9.84 Å². The molecule has 6 nitrogen and oxygen atoms in total. The second-order valence-electron chi connectivity index (χ2n) is 5.99. The van der Waals surface area contributed by atoms with Gasteiger partial charge in [0.05, 0.1) is 24.3 Å². The zero-order valence-electron chi connectivity index (χ0n) is 11.6. The van der Waals surface area contributed by atoms with Gasteiger partial charge in [0.15, 0.2) is 0 Å². The van der Waals surface area contributed by atoms with Crippen LogP contribution in [0.2, 0.25) is 0 Å². The Morgan fingerprint density at radius 3 is 2.06 bits per heavy atom. The summed E-state index contributed by atoms with van der Waals surface area (Å²) >= 11 is 0. The number of carbonyl (C=O) groups excluding carboxylic acids is 1. The van der Waals surface area contributed by atoms with Crippen molar-refractivity contribution in [3.8, 4) is 0 Å². The van der Waals surface area contributed by atoms with E-state index >= 15 is 0 Å². The Bertz CT molecular complexity index is 336. The molecule has 0 spiro atoms. The minimum atomic E-state index is -1.05. The number of carbonyl (C=O) groups is 2. The number of carboxylic acid groups (broad SMARTS) is 1. The molecule has 2 N–H and O–H groups in total. The van der Waals surface area contributed by atoms with Crippen molar-refractivity contribution in [3.05, 3.63) is 0 Å². The topological polar surface area (TPSA) is 78.9 Å². The maximum Gasteiger partial charge on any atom is 0.325 e. The van der Waals surface area contributed by atoms with Gasteiger partial charge in [0.25, 0.3) is 0 Å². The first kappa shape index (κ1) is 14.8. The van der Waals surface area contributed by atoms with Crippen molar-refractivity contribution in [2.75, 3.05) is 13.1 Å². The summed E-state index contributed by atoms with van der Waals surface area (Å²) in [4.78, 5) is 24.3. The van der Waals surface area contributed by atoms with Crippen molar-refractivity contribution >= 4 is 12.0 Å². The lowest BCUT2D eigenvalue weighted by Crippen LogP contribution is -2.61. The number of ether oxygens (including phenoxy) is 1. The molecule has 1 aliphatic heterocycles. The number of urea groups is 1. The van der Waals surface area contributed by atoms with Crippen molar-refractivity contribution in [1.82, 2.24) is 10.2 Å². The predicted molar refractivity (Wildman–Crippen MR) is 66.4 cm³/mol. The minimum Gasteiger partial charge on any atom is -0.480 e. The van der Waals surface area contributed by atoms with Gasteiger partial charge in [-0.3, -0.25) is 4.79 Å². The zero-order chi connectivity index (χ0) is 14.1. The first-order valence-corrected chi connectivity index (χ1v) is 6.01. The molecule has 1 heterocycles. The van der Waals surface area contributed by atoms with Crippen LogP contribution in [0.15, 0.2) is 0 Å². The predicted octanol–water partition coefficient (Wildman–Crippen LogP) is 1.06. The van der Waals surface area contributed by atoms with E-state index in [-0.39, 0.29) is 6.03 Å². The molecule has 1 saturated heterocycles. The number of nitrogens with one attached hydrogen (secondary N) is 1. The number of nitrogens with zero attached hydrogens (tertiary/aromatic N) is 1. The molecular weight excluding hydrogens is 236 g/mol. The van der Waals surface area contributed by atoms with Gasteiger partial charge in [-0.05, 0) is 34.6 Å². The highest BCUT2D eigenvalue weighted by molar-refractivity contribution is 5.82. The standard InChI is InChI=1S/C12H22N2O4/c1-8(9(15)16)13-10(17)14-6-11(2,3)18-12(4,5)7-14/h8H,6-7H2,1-5H3,(H,13,17)(H,15,16)/t8-/m1/s1. The highest BCUT2D eigenvalue weighted by atomic mass is 16.5. The number of aliphatic carboxylic acids is 1. The molecule has 1 atom stereocenters. The van der Waals surface area contributed by atoms with Crippen molar-refractivity contribution in [3.63, 3.8) is 0 Å². The van der Waals surface area contributed by atoms with E-state index in [0.717, 1.165) is 0 Å². The van der Waals surface area contributed by atoms with Gasteiger partial charge in [0, 0.05) is 0 Å². The Kier molecular flexibility index (Phi) is 3.90. The molecule has 0 radical (unpaired) electrons. The summed E-state index contributed by atoms with van der Waals surface area (Å²) in [6, 6.07) is -1.26. The van der Waals surface area contributed by atoms with E-state index in [1.807, 2.05) is 27.7 Å². The van der Waals surface area contributed by atoms with Crippen molar-refractivity contribution in [2.24, 2.45) is 0 Å². The summed E-state index contributed by atoms with van der Waals surface area (Å²) in [6.45, 7) is 9.97. The highest BCUT2D eigenvalue weighted by Crippen LogP contribution is 2.27. The largest absolute Gasteiger partial charge is 0.480 e. The molecular formula is C12H22N2O4. The van der Waals surface area contributed by atoms with Crippen LogP contribution in [-0.4, -0.2) is 52.3 Å². The van der Waals surface area contributed by atoms with Gasteiger partial charge < -0.3 is 20.1 Å². The van der Waals surface area contributed by atoms with Crippen LogP contribution in [0, 0.1) is 0 Å². The lowest BCUT2D eigenvalue weighted by molar-refractivity contribution is -0.170. The molecule has 1 rings (SSSR count). The van der Waals surface area contributed by atoms with Crippen molar-refractivity contribution < 1.29 is 19.4 Å². The van der Waals surface area contributed by atoms with Crippen LogP contribution in [0.5, 0.6) is 0 Å². The van der Waals surface area contributed by atoms with Crippen LogP contribution in [0.1, 0.15) is 34.6 Å². The van der Waals surface area contributed by atoms with Crippen LogP contribution in [0.3, 0.4) is 0 Å². The normalized spacial score (nSPS) is 23.3. The van der Waals surface area contributed by atoms with Gasteiger partial charge in [0.1, 0.15) is 6.04 Å². The quantitative estimate of drug-likeness (QED) is 0.776. The summed E-state index contributed by atoms with van der Waals surface area (Å²) in [5.41, 5.74) is -0.878. The van der Waals surface area contributed by atoms with Gasteiger partial charge >= 0.3 is 12.0 Å². The number of amides is 2. The van der Waals surface area contributed by atoms with Crippen LogP contribution >= 0.6 is 0 Å². The smallest absolute Gasteiger partial charge is 0.325 e. The van der Waals surface area contributed by atoms with E-state index in [9.17, 15) is 9.59 Å². The molecule has 1 fully saturated rings. The van der Waals surface area contributed by atoms with E-state index in [0.29, 0.717) is 13.1 Å². The first-order valence-electron chi connectivity index (χ1n) is 6.01. The van der Waals surface area contributed by atoms with Crippen molar-refractivity contribution in [2.45, 2.75) is 51.9 Å². The molecule has 104 valence electrons. The molecule has 0 saturated carbocycles. The number of carboxylic acids is 1. The summed E-state index contributed by atoms with van der Waals surface area (Å²) in [5.74, 6) is -1.05. The fraction of sp³-hybridized carbons (Fsp3) is 0.833. The summed E-state index contributed by atoms with van der Waals surface area (Å²) < 4.78 is 5.86. The van der Waals surface area contributed by atoms with E-state index < -0.39 is 23.2 Å². The summed E-state index contributed by atoms with van der Waals surface area (Å²) in [7, 11) is 0. The fourth-order valence-corrected chi connectivity index (χ4v) is 2.27. The third kappa shape index (κ3) is 3.87. The number of morpholine rings is 1. The zero-order valence-corrected chi connectivity index (χ0v) is 11.6. The van der Waals surface area contributed by atoms with Crippen LogP contribution < -0.4 is 5.32 Å². The van der Waals surface area contributed by atoms with Gasteiger partial charge in [-0.1, -0.05) is 0 Å². The second-order valence-corrected chi connectivity index (χ2v) is 5.99. The van der Waals surface area contributed by atoms with Crippen LogP contribution in [0.4, 0.5) is 4.79 Å². The Hall–Kier alpha value is -1.30. The molecule has 0 aromatic carbocycles. The Balaban J connectivity index is 2.71. The molecule has 0 unspecified atom stereocenters. The summed E-state index contributed by atoms with van der Waals surface area (Å²) in [5, 5.41) is 11.2. The average molecular weight is 258 g/mol. The first-order chi connectivity index (χ1) is 8.02. The molecule has 0 aliphatic carbocycles. The van der Waals surface area contributed by atoms with E-state index in [1.54, 1.807) is 4.90 Å². The van der Waals surface area contributed by atoms with Gasteiger partial charge in [-0.25, -0.2) is 4.79 Å². The lowest BCUT2D eigenvalue weighted by Gasteiger charge is -2.47. The third-order valence-electron chi connectivity index (χ3n) is 2.69. The second kappa shape index (κ2) is 4.76. The van der Waals surface area contributed by atoms with Crippen LogP contribution in [-0.2, 0) is 9.53 Å². The lowest BCUT2D eigenvalue weighted by atomic mass is 9.99. The third-order valence-corrected chi connectivity index (χ3v) is 2.69. The molecule has 6 heteroatoms. The Morgan fingerprint density at radius 2 is 1.67 bits per heavy atom. The summed E-state index contributed by atoms with van der Waals surface area (Å²) in [6.07, 6.45) is 0. The number of hydrogen-bond acceptors (Lipinski definition) is 3. The highest BCUT2D eigenvalue weighted by Gasteiger charge is 2.40. The van der Waals surface area contributed by atoms with Gasteiger partial charge in [0.2, 0.25) is 0 Å². The number of hydrogen-bond donors (Lipinski definition) is 2. The van der Waals surface area contributed by atoms with E-state index in [2.05, 4.69) is 5.32 Å². The molecule has 0 aromatic rings. The monoisotopic (exact) mass is 258 g/mol. The maximum absolute atomic E-state index is 12.0. The minimum absolute atomic E-state index is 0.366. The Labute approximate surface area is 107 Å². The maximum atomic E-state index is 12.0.